The van der Waals surface area contributed by atoms with E-state index in [2.05, 4.69) is 0 Å². The van der Waals surface area contributed by atoms with Gasteiger partial charge in [0.05, 0.1) is 32.7 Å². The van der Waals surface area contributed by atoms with Crippen LogP contribution in [0.5, 0.6) is 5.75 Å². The van der Waals surface area contributed by atoms with Crippen LogP contribution in [0.1, 0.15) is 37.5 Å². The summed E-state index contributed by atoms with van der Waals surface area (Å²) in [6.07, 6.45) is -4.85. The van der Waals surface area contributed by atoms with E-state index in [4.69, 9.17) is 35.3 Å². The molecule has 4 aromatic carbocycles. The van der Waals surface area contributed by atoms with Crippen LogP contribution in [0, 0.1) is 10.1 Å². The topological polar surface area (TPSA) is 140 Å². The molecule has 230 valence electrons. The summed E-state index contributed by atoms with van der Waals surface area (Å²) in [5, 5.41) is 11.1. The highest BCUT2D eigenvalue weighted by molar-refractivity contribution is 6.32. The highest BCUT2D eigenvalue weighted by atomic mass is 35.5. The van der Waals surface area contributed by atoms with E-state index < -0.39 is 47.4 Å². The molecule has 45 heavy (non-hydrogen) atoms. The van der Waals surface area contributed by atoms with Gasteiger partial charge in [0, 0.05) is 18.6 Å². The molecule has 5 rings (SSSR count). The Morgan fingerprint density at radius 1 is 0.778 bits per heavy atom. The van der Waals surface area contributed by atoms with Crippen molar-refractivity contribution >= 4 is 35.2 Å². The molecule has 1 heterocycles. The zero-order chi connectivity index (χ0) is 31.8. The summed E-state index contributed by atoms with van der Waals surface area (Å²) in [5.41, 5.74) is 0.515. The number of non-ortho nitro benzene ring substituents is 1. The Morgan fingerprint density at radius 2 is 1.31 bits per heavy atom. The second-order valence-electron chi connectivity index (χ2n) is 9.86. The van der Waals surface area contributed by atoms with E-state index in [0.717, 1.165) is 6.07 Å². The van der Waals surface area contributed by atoms with Gasteiger partial charge in [0.2, 0.25) is 12.4 Å². The molecule has 11 nitrogen and oxygen atoms in total. The smallest absolute Gasteiger partial charge is 0.338 e. The second kappa shape index (κ2) is 14.5. The number of rotatable bonds is 10. The van der Waals surface area contributed by atoms with Gasteiger partial charge in [-0.25, -0.2) is 14.4 Å². The average molecular weight is 632 g/mol. The molecule has 4 atom stereocenters. The van der Waals surface area contributed by atoms with E-state index in [-0.39, 0.29) is 40.6 Å². The van der Waals surface area contributed by atoms with E-state index in [1.165, 1.54) is 12.1 Å². The Kier molecular flexibility index (Phi) is 10.0. The molecule has 12 heteroatoms. The van der Waals surface area contributed by atoms with Gasteiger partial charge in [0.15, 0.2) is 0 Å². The van der Waals surface area contributed by atoms with Crippen molar-refractivity contribution in [1.29, 1.82) is 0 Å². The maximum Gasteiger partial charge on any atom is 0.338 e. The molecule has 1 fully saturated rings. The normalized spacial score (nSPS) is 19.1. The highest BCUT2D eigenvalue weighted by Gasteiger charge is 2.46. The summed E-state index contributed by atoms with van der Waals surface area (Å²) in [5.74, 6) is -2.08. The molecular formula is C33H26ClNO10. The molecule has 0 bridgehead atoms. The number of carbonyl (C=O) groups excluding carboxylic acids is 3. The first-order valence-corrected chi connectivity index (χ1v) is 14.2. The monoisotopic (exact) mass is 631 g/mol. The minimum Gasteiger partial charge on any atom is -0.459 e. The zero-order valence-electron chi connectivity index (χ0n) is 23.5. The standard InChI is InChI=1S/C33H26ClNO10/c34-26-18-24(35(39)40)16-17-27(26)44-33-29(45-32(38)23-14-8-3-9-15-23)28(43-31(37)22-12-6-2-7-13-22)19-25(42-33)20-41-30(36)21-10-4-1-5-11-21/h1-18,25,28-29,33H,19-20H2/t25-,28-,29+,33-/m0/s1. The minimum absolute atomic E-state index is 0.0249. The molecule has 0 aliphatic carbocycles. The van der Waals surface area contributed by atoms with Crippen molar-refractivity contribution in [1.82, 2.24) is 0 Å². The molecule has 0 spiro atoms. The van der Waals surface area contributed by atoms with Crippen molar-refractivity contribution in [3.8, 4) is 5.75 Å². The molecule has 1 aliphatic heterocycles. The lowest BCUT2D eigenvalue weighted by Gasteiger charge is -2.40. The molecule has 0 aromatic heterocycles. The average Bonchev–Trinajstić information content (AvgIpc) is 3.06. The van der Waals surface area contributed by atoms with Crippen LogP contribution in [0.4, 0.5) is 5.69 Å². The maximum atomic E-state index is 13.2. The molecule has 1 aliphatic rings. The molecule has 1 saturated heterocycles. The predicted octanol–water partition coefficient (Wildman–Crippen LogP) is 6.05. The number of halogens is 1. The number of nitrogens with zero attached hydrogens (tertiary/aromatic N) is 1. The Bertz CT molecular complexity index is 1650. The summed E-state index contributed by atoms with van der Waals surface area (Å²) in [7, 11) is 0. The van der Waals surface area contributed by atoms with Crippen molar-refractivity contribution in [3.05, 3.63) is 141 Å². The number of benzene rings is 4. The van der Waals surface area contributed by atoms with Crippen molar-refractivity contribution in [3.63, 3.8) is 0 Å². The van der Waals surface area contributed by atoms with Crippen molar-refractivity contribution < 1.29 is 43.0 Å². The van der Waals surface area contributed by atoms with Gasteiger partial charge >= 0.3 is 17.9 Å². The number of esters is 3. The number of nitro benzene ring substituents is 1. The summed E-state index contributed by atoms with van der Waals surface area (Å²) >= 11 is 6.30. The number of hydrogen-bond donors (Lipinski definition) is 0. The van der Waals surface area contributed by atoms with Gasteiger partial charge in [0.1, 0.15) is 18.5 Å². The van der Waals surface area contributed by atoms with Crippen molar-refractivity contribution in [2.75, 3.05) is 6.61 Å². The Hall–Kier alpha value is -5.26. The molecule has 0 saturated carbocycles. The zero-order valence-corrected chi connectivity index (χ0v) is 24.3. The van der Waals surface area contributed by atoms with Crippen LogP contribution in [0.25, 0.3) is 0 Å². The van der Waals surface area contributed by atoms with Gasteiger partial charge in [-0.3, -0.25) is 10.1 Å². The third-order valence-electron chi connectivity index (χ3n) is 6.76. The summed E-state index contributed by atoms with van der Waals surface area (Å²) in [6.45, 7) is -0.264. The SMILES string of the molecule is O=C(OC[C@@H]1C[C@H](OC(=O)c2ccccc2)[C@@H](OC(=O)c2ccccc2)[C@H](Oc2ccc([N+](=O)[O-])cc2Cl)O1)c1ccccc1. The Labute approximate surface area is 262 Å². The van der Waals surface area contributed by atoms with E-state index >= 15 is 0 Å². The number of carbonyl (C=O) groups is 3. The number of nitro groups is 1. The first kappa shape index (κ1) is 31.2. The molecule has 0 N–H and O–H groups in total. The van der Waals surface area contributed by atoms with Gasteiger partial charge < -0.3 is 23.7 Å². The molecule has 0 amide bonds. The first-order chi connectivity index (χ1) is 21.8. The van der Waals surface area contributed by atoms with Gasteiger partial charge in [-0.2, -0.15) is 0 Å². The highest BCUT2D eigenvalue weighted by Crippen LogP contribution is 2.34. The van der Waals surface area contributed by atoms with Gasteiger partial charge in [0.25, 0.3) is 5.69 Å². The molecule has 4 aromatic rings. The lowest BCUT2D eigenvalue weighted by Crippen LogP contribution is -2.55. The van der Waals surface area contributed by atoms with E-state index in [1.807, 2.05) is 0 Å². The first-order valence-electron chi connectivity index (χ1n) is 13.8. The maximum absolute atomic E-state index is 13.2. The summed E-state index contributed by atoms with van der Waals surface area (Å²) < 4.78 is 29.3. The van der Waals surface area contributed by atoms with Gasteiger partial charge in [-0.1, -0.05) is 66.2 Å². The van der Waals surface area contributed by atoms with Crippen LogP contribution in [-0.4, -0.2) is 54.0 Å². The van der Waals surface area contributed by atoms with E-state index in [9.17, 15) is 24.5 Å². The van der Waals surface area contributed by atoms with E-state index in [1.54, 1.807) is 91.0 Å². The summed E-state index contributed by atoms with van der Waals surface area (Å²) in [6, 6.07) is 28.2. The van der Waals surface area contributed by atoms with Gasteiger partial charge in [-0.05, 0) is 42.5 Å². The van der Waals surface area contributed by atoms with Crippen LogP contribution in [0.15, 0.2) is 109 Å². The predicted molar refractivity (Wildman–Crippen MR) is 160 cm³/mol. The fourth-order valence-corrected chi connectivity index (χ4v) is 4.76. The second-order valence-corrected chi connectivity index (χ2v) is 10.3. The van der Waals surface area contributed by atoms with Crippen LogP contribution in [0.3, 0.4) is 0 Å². The summed E-state index contributed by atoms with van der Waals surface area (Å²) in [4.78, 5) is 49.7. The van der Waals surface area contributed by atoms with Gasteiger partial charge in [-0.15, -0.1) is 0 Å². The number of hydrogen-bond acceptors (Lipinski definition) is 10. The van der Waals surface area contributed by atoms with Crippen molar-refractivity contribution in [2.24, 2.45) is 0 Å². The van der Waals surface area contributed by atoms with E-state index in [0.29, 0.717) is 5.56 Å². The van der Waals surface area contributed by atoms with Crippen LogP contribution >= 0.6 is 11.6 Å². The lowest BCUT2D eigenvalue weighted by molar-refractivity contribution is -0.384. The third-order valence-corrected chi connectivity index (χ3v) is 7.05. The fraction of sp³-hybridized carbons (Fsp3) is 0.182. The van der Waals surface area contributed by atoms with Crippen molar-refractivity contribution in [2.45, 2.75) is 31.0 Å². The lowest BCUT2D eigenvalue weighted by atomic mass is 10.0. The van der Waals surface area contributed by atoms with Crippen LogP contribution in [-0.2, 0) is 18.9 Å². The molecule has 0 unspecified atom stereocenters. The fourth-order valence-electron chi connectivity index (χ4n) is 4.54. The minimum atomic E-state index is -1.45. The number of ether oxygens (including phenoxy) is 5. The van der Waals surface area contributed by atoms with Crippen LogP contribution in [0.2, 0.25) is 5.02 Å². The quantitative estimate of drug-likeness (QED) is 0.0879. The molecular weight excluding hydrogens is 606 g/mol. The third kappa shape index (κ3) is 8.02. The largest absolute Gasteiger partial charge is 0.459 e. The van der Waals surface area contributed by atoms with Crippen LogP contribution < -0.4 is 4.74 Å². The Morgan fingerprint density at radius 3 is 1.84 bits per heavy atom. The molecule has 0 radical (unpaired) electrons. The Balaban J connectivity index is 1.45.